The molecule has 0 saturated carbocycles. The van der Waals surface area contributed by atoms with Gasteiger partial charge in [0.05, 0.1) is 12.3 Å². The minimum absolute atomic E-state index is 0.137. The Morgan fingerprint density at radius 1 is 1.46 bits per heavy atom. The first kappa shape index (κ1) is 18.3. The first-order valence-corrected chi connectivity index (χ1v) is 8.43. The summed E-state index contributed by atoms with van der Waals surface area (Å²) in [4.78, 5) is 19.7. The molecular weight excluding hydrogens is 306 g/mol. The summed E-state index contributed by atoms with van der Waals surface area (Å²) >= 11 is 0. The Kier molecular flexibility index (Phi) is 6.66. The average Bonchev–Trinajstić information content (AvgIpc) is 3.08. The smallest absolute Gasteiger partial charge is 0.219 e. The van der Waals surface area contributed by atoms with E-state index in [0.717, 1.165) is 37.7 Å². The molecule has 1 amide bonds. The predicted molar refractivity (Wildman–Crippen MR) is 94.9 cm³/mol. The lowest BCUT2D eigenvalue weighted by atomic mass is 10.1. The summed E-state index contributed by atoms with van der Waals surface area (Å²) < 4.78 is 5.53. The van der Waals surface area contributed by atoms with Gasteiger partial charge in [-0.1, -0.05) is 0 Å². The van der Waals surface area contributed by atoms with Crippen LogP contribution in [0.1, 0.15) is 31.6 Å². The molecule has 2 N–H and O–H groups in total. The summed E-state index contributed by atoms with van der Waals surface area (Å²) in [6.45, 7) is 3.93. The van der Waals surface area contributed by atoms with Crippen molar-refractivity contribution >= 4 is 11.9 Å². The number of carbonyl (C=O) groups is 1. The molecule has 1 aromatic rings. The van der Waals surface area contributed by atoms with Gasteiger partial charge in [0.25, 0.3) is 0 Å². The molecule has 1 fully saturated rings. The lowest BCUT2D eigenvalue weighted by Crippen LogP contribution is -2.50. The second kappa shape index (κ2) is 8.73. The zero-order chi connectivity index (χ0) is 17.5. The number of rotatable bonds is 5. The van der Waals surface area contributed by atoms with Gasteiger partial charge in [-0.3, -0.25) is 14.7 Å². The molecule has 1 saturated heterocycles. The molecule has 1 aliphatic heterocycles. The van der Waals surface area contributed by atoms with Crippen LogP contribution in [-0.4, -0.2) is 68.5 Å². The third-order valence-corrected chi connectivity index (χ3v) is 4.46. The van der Waals surface area contributed by atoms with E-state index in [0.29, 0.717) is 12.6 Å². The fourth-order valence-electron chi connectivity index (χ4n) is 2.94. The number of piperidine rings is 1. The van der Waals surface area contributed by atoms with Crippen LogP contribution in [0.15, 0.2) is 27.8 Å². The Balaban J connectivity index is 1.83. The van der Waals surface area contributed by atoms with Gasteiger partial charge in [-0.05, 0) is 39.1 Å². The molecule has 0 bridgehead atoms. The van der Waals surface area contributed by atoms with Gasteiger partial charge in [0.1, 0.15) is 5.76 Å². The third kappa shape index (κ3) is 4.99. The van der Waals surface area contributed by atoms with E-state index in [9.17, 15) is 4.79 Å². The number of guanidine groups is 1. The van der Waals surface area contributed by atoms with Crippen molar-refractivity contribution in [1.29, 1.82) is 0 Å². The van der Waals surface area contributed by atoms with Crippen molar-refractivity contribution < 1.29 is 9.21 Å². The minimum atomic E-state index is 0.137. The first-order valence-electron chi connectivity index (χ1n) is 8.43. The number of furan rings is 1. The zero-order valence-corrected chi connectivity index (χ0v) is 15.1. The summed E-state index contributed by atoms with van der Waals surface area (Å²) in [5.41, 5.74) is 0. The maximum absolute atomic E-state index is 11.4. The van der Waals surface area contributed by atoms with E-state index in [1.165, 1.54) is 0 Å². The summed E-state index contributed by atoms with van der Waals surface area (Å²) in [5.74, 6) is 1.87. The fourth-order valence-corrected chi connectivity index (χ4v) is 2.94. The number of hydrogen-bond donors (Lipinski definition) is 2. The van der Waals surface area contributed by atoms with Gasteiger partial charge < -0.3 is 20.0 Å². The van der Waals surface area contributed by atoms with E-state index in [-0.39, 0.29) is 11.9 Å². The maximum atomic E-state index is 11.4. The van der Waals surface area contributed by atoms with Crippen molar-refractivity contribution in [2.24, 2.45) is 4.99 Å². The largest absolute Gasteiger partial charge is 0.468 e. The highest BCUT2D eigenvalue weighted by atomic mass is 16.3. The Hall–Kier alpha value is -2.02. The second-order valence-corrected chi connectivity index (χ2v) is 6.37. The molecule has 1 aliphatic rings. The van der Waals surface area contributed by atoms with E-state index in [4.69, 9.17) is 4.42 Å². The van der Waals surface area contributed by atoms with Crippen molar-refractivity contribution in [3.8, 4) is 0 Å². The standard InChI is InChI=1S/C17H29N5O2/c1-13(23)22-9-7-14(8-10-22)20-17(18-2)19-12-15(21(3)4)16-6-5-11-24-16/h5-6,11,14-15H,7-10,12H2,1-4H3,(H2,18,19,20). The van der Waals surface area contributed by atoms with Crippen molar-refractivity contribution in [2.75, 3.05) is 40.8 Å². The first-order chi connectivity index (χ1) is 11.5. The van der Waals surface area contributed by atoms with Crippen molar-refractivity contribution in [2.45, 2.75) is 31.8 Å². The van der Waals surface area contributed by atoms with Crippen LogP contribution >= 0.6 is 0 Å². The van der Waals surface area contributed by atoms with Crippen LogP contribution in [0, 0.1) is 0 Å². The number of likely N-dealkylation sites (tertiary alicyclic amines) is 1. The summed E-state index contributed by atoms with van der Waals surface area (Å²) in [5, 5.41) is 6.83. The number of likely N-dealkylation sites (N-methyl/N-ethyl adjacent to an activating group) is 1. The lowest BCUT2D eigenvalue weighted by Gasteiger charge is -2.32. The molecule has 0 spiro atoms. The number of nitrogens with one attached hydrogen (secondary N) is 2. The molecule has 7 heteroatoms. The van der Waals surface area contributed by atoms with Crippen LogP contribution in [0.5, 0.6) is 0 Å². The minimum Gasteiger partial charge on any atom is -0.468 e. The average molecular weight is 335 g/mol. The van der Waals surface area contributed by atoms with Crippen molar-refractivity contribution in [3.05, 3.63) is 24.2 Å². The van der Waals surface area contributed by atoms with E-state index in [1.807, 2.05) is 31.1 Å². The monoisotopic (exact) mass is 335 g/mol. The van der Waals surface area contributed by atoms with Gasteiger partial charge in [0.15, 0.2) is 5.96 Å². The van der Waals surface area contributed by atoms with E-state index in [1.54, 1.807) is 20.2 Å². The number of amides is 1. The molecule has 1 aromatic heterocycles. The Morgan fingerprint density at radius 2 is 2.17 bits per heavy atom. The highest BCUT2D eigenvalue weighted by Gasteiger charge is 2.22. The summed E-state index contributed by atoms with van der Waals surface area (Å²) in [6, 6.07) is 4.37. The fraction of sp³-hybridized carbons (Fsp3) is 0.647. The number of nitrogens with zero attached hydrogens (tertiary/aromatic N) is 3. The van der Waals surface area contributed by atoms with Gasteiger partial charge in [-0.25, -0.2) is 0 Å². The van der Waals surface area contributed by atoms with Crippen LogP contribution in [0.4, 0.5) is 0 Å². The third-order valence-electron chi connectivity index (χ3n) is 4.46. The van der Waals surface area contributed by atoms with Gasteiger partial charge in [-0.2, -0.15) is 0 Å². The molecular formula is C17H29N5O2. The molecule has 0 aromatic carbocycles. The maximum Gasteiger partial charge on any atom is 0.219 e. The molecule has 2 rings (SSSR count). The van der Waals surface area contributed by atoms with Gasteiger partial charge in [0, 0.05) is 39.6 Å². The summed E-state index contributed by atoms with van der Waals surface area (Å²) in [6.07, 6.45) is 3.58. The lowest BCUT2D eigenvalue weighted by molar-refractivity contribution is -0.129. The topological polar surface area (TPSA) is 73.1 Å². The van der Waals surface area contributed by atoms with Gasteiger partial charge in [0.2, 0.25) is 5.91 Å². The van der Waals surface area contributed by atoms with Gasteiger partial charge in [-0.15, -0.1) is 0 Å². The highest BCUT2D eigenvalue weighted by Crippen LogP contribution is 2.17. The number of aliphatic imine (C=N–C) groups is 1. The normalized spacial score (nSPS) is 17.9. The second-order valence-electron chi connectivity index (χ2n) is 6.37. The molecule has 0 aliphatic carbocycles. The number of carbonyl (C=O) groups excluding carboxylic acids is 1. The quantitative estimate of drug-likeness (QED) is 0.622. The molecule has 134 valence electrons. The zero-order valence-electron chi connectivity index (χ0n) is 15.1. The Bertz CT molecular complexity index is 533. The van der Waals surface area contributed by atoms with Crippen molar-refractivity contribution in [3.63, 3.8) is 0 Å². The highest BCUT2D eigenvalue weighted by molar-refractivity contribution is 5.80. The summed E-state index contributed by atoms with van der Waals surface area (Å²) in [7, 11) is 5.84. The molecule has 7 nitrogen and oxygen atoms in total. The number of hydrogen-bond acceptors (Lipinski definition) is 4. The Labute approximate surface area is 144 Å². The molecule has 0 radical (unpaired) electrons. The van der Waals surface area contributed by atoms with Gasteiger partial charge >= 0.3 is 0 Å². The molecule has 2 heterocycles. The van der Waals surface area contributed by atoms with Crippen LogP contribution in [0.2, 0.25) is 0 Å². The molecule has 1 unspecified atom stereocenters. The van der Waals surface area contributed by atoms with Crippen molar-refractivity contribution in [1.82, 2.24) is 20.4 Å². The van der Waals surface area contributed by atoms with E-state index in [2.05, 4.69) is 20.5 Å². The van der Waals surface area contributed by atoms with Crippen LogP contribution < -0.4 is 10.6 Å². The molecule has 1 atom stereocenters. The molecule has 24 heavy (non-hydrogen) atoms. The van der Waals surface area contributed by atoms with E-state index >= 15 is 0 Å². The Morgan fingerprint density at radius 3 is 2.67 bits per heavy atom. The van der Waals surface area contributed by atoms with E-state index < -0.39 is 0 Å². The van der Waals surface area contributed by atoms with Crippen LogP contribution in [0.25, 0.3) is 0 Å². The SMILES string of the molecule is CN=C(NCC(c1ccco1)N(C)C)NC1CCN(C(C)=O)CC1. The predicted octanol–water partition coefficient (Wildman–Crippen LogP) is 1.06. The van der Waals surface area contributed by atoms with Crippen LogP contribution in [-0.2, 0) is 4.79 Å². The van der Waals surface area contributed by atoms with Crippen LogP contribution in [0.3, 0.4) is 0 Å².